The number of aromatic amines is 2. The highest BCUT2D eigenvalue weighted by molar-refractivity contribution is 7.85. The molecule has 4 aromatic heterocycles. The maximum absolute atomic E-state index is 12.8. The molecule has 1 aliphatic rings. The number of aliphatic hydroxyl groups is 1. The standard InChI is InChI=1S/C21H21ClN6O2.CH4O3S/c1-3-13-11-8-12(21(30)25-14(11)4-6-23-13)19-24-15-9-17(22)26-20(18(15)27-19)28-7-5-16(29)10(28)2;1-5(2,3)4/h4,6,8-10,16,29H,3,5,7H2,1-2H3,(H,24,27)(H,25,30);1H3,(H,2,3,4)/t10-,16+;/m1./s1. The highest BCUT2D eigenvalue weighted by Crippen LogP contribution is 2.33. The van der Waals surface area contributed by atoms with Crippen LogP contribution in [0.2, 0.25) is 5.15 Å². The number of hydrogen-bond acceptors (Lipinski definition) is 8. The first-order valence-electron chi connectivity index (χ1n) is 10.9. The summed E-state index contributed by atoms with van der Waals surface area (Å²) in [6, 6.07) is 5.22. The third kappa shape index (κ3) is 5.30. The van der Waals surface area contributed by atoms with Gasteiger partial charge in [0.1, 0.15) is 16.5 Å². The predicted octanol–water partition coefficient (Wildman–Crippen LogP) is 2.54. The lowest BCUT2D eigenvalue weighted by molar-refractivity contribution is 0.170. The summed E-state index contributed by atoms with van der Waals surface area (Å²) < 4.78 is 25.9. The summed E-state index contributed by atoms with van der Waals surface area (Å²) in [5, 5.41) is 11.4. The summed E-state index contributed by atoms with van der Waals surface area (Å²) in [5.74, 6) is 1.05. The molecular formula is C22H25ClN6O5S. The van der Waals surface area contributed by atoms with E-state index in [0.29, 0.717) is 52.6 Å². The number of aromatic nitrogens is 5. The fraction of sp³-hybridized carbons (Fsp3) is 0.364. The normalized spacial score (nSPS) is 18.2. The van der Waals surface area contributed by atoms with Gasteiger partial charge < -0.3 is 20.0 Å². The van der Waals surface area contributed by atoms with Gasteiger partial charge in [-0.1, -0.05) is 18.5 Å². The van der Waals surface area contributed by atoms with Crippen molar-refractivity contribution in [2.45, 2.75) is 38.8 Å². The molecule has 4 N–H and O–H groups in total. The Kier molecular flexibility index (Phi) is 6.82. The fourth-order valence-electron chi connectivity index (χ4n) is 4.16. The Morgan fingerprint density at radius 2 is 1.94 bits per heavy atom. The van der Waals surface area contributed by atoms with E-state index in [1.165, 1.54) is 0 Å². The third-order valence-electron chi connectivity index (χ3n) is 5.85. The lowest BCUT2D eigenvalue weighted by Gasteiger charge is -2.24. The van der Waals surface area contributed by atoms with E-state index in [0.717, 1.165) is 23.0 Å². The summed E-state index contributed by atoms with van der Waals surface area (Å²) in [6.07, 6.45) is 3.39. The summed E-state index contributed by atoms with van der Waals surface area (Å²) in [4.78, 5) is 34.6. The monoisotopic (exact) mass is 520 g/mol. The molecule has 11 nitrogen and oxygen atoms in total. The van der Waals surface area contributed by atoms with Gasteiger partial charge in [0, 0.05) is 29.9 Å². The molecule has 0 aliphatic carbocycles. The quantitative estimate of drug-likeness (QED) is 0.234. The molecule has 0 aromatic carbocycles. The van der Waals surface area contributed by atoms with Crippen molar-refractivity contribution in [2.24, 2.45) is 0 Å². The van der Waals surface area contributed by atoms with Crippen molar-refractivity contribution < 1.29 is 18.1 Å². The lowest BCUT2D eigenvalue weighted by Crippen LogP contribution is -2.32. The van der Waals surface area contributed by atoms with Gasteiger partial charge >= 0.3 is 0 Å². The Hall–Kier alpha value is -3.06. The number of nitrogens with zero attached hydrogens (tertiary/aromatic N) is 4. The molecule has 0 amide bonds. The van der Waals surface area contributed by atoms with Gasteiger partial charge in [-0.05, 0) is 31.9 Å². The predicted molar refractivity (Wildman–Crippen MR) is 135 cm³/mol. The first-order chi connectivity index (χ1) is 16.5. The van der Waals surface area contributed by atoms with Crippen molar-refractivity contribution in [2.75, 3.05) is 17.7 Å². The van der Waals surface area contributed by atoms with Gasteiger partial charge in [-0.2, -0.15) is 8.42 Å². The topological polar surface area (TPSA) is 165 Å². The molecule has 13 heteroatoms. The van der Waals surface area contributed by atoms with Crippen molar-refractivity contribution in [1.82, 2.24) is 24.9 Å². The van der Waals surface area contributed by atoms with E-state index < -0.39 is 16.2 Å². The summed E-state index contributed by atoms with van der Waals surface area (Å²) >= 11 is 6.27. The van der Waals surface area contributed by atoms with Crippen LogP contribution in [0, 0.1) is 0 Å². The van der Waals surface area contributed by atoms with Crippen LogP contribution in [-0.4, -0.2) is 67.9 Å². The number of rotatable bonds is 3. The van der Waals surface area contributed by atoms with Crippen LogP contribution in [-0.2, 0) is 16.5 Å². The SMILES string of the molecule is CCc1nccc2[nH]c(=O)c(-c3nc4c(N5CC[C@H](O)[C@H]5C)nc(Cl)cc4[nH]3)cc12.CS(=O)(=O)O. The van der Waals surface area contributed by atoms with Gasteiger partial charge in [-0.3, -0.25) is 14.3 Å². The maximum Gasteiger partial charge on any atom is 0.261 e. The molecule has 1 saturated heterocycles. The number of halogens is 1. The Balaban J connectivity index is 0.000000527. The van der Waals surface area contributed by atoms with E-state index in [4.69, 9.17) is 21.1 Å². The van der Waals surface area contributed by atoms with Gasteiger partial charge in [0.05, 0.1) is 35.0 Å². The van der Waals surface area contributed by atoms with Crippen LogP contribution in [0.3, 0.4) is 0 Å². The van der Waals surface area contributed by atoms with E-state index in [1.807, 2.05) is 24.8 Å². The summed E-state index contributed by atoms with van der Waals surface area (Å²) in [5.41, 5.74) is 3.16. The van der Waals surface area contributed by atoms with Crippen molar-refractivity contribution in [3.63, 3.8) is 0 Å². The number of anilines is 1. The summed E-state index contributed by atoms with van der Waals surface area (Å²) in [6.45, 7) is 4.64. The van der Waals surface area contributed by atoms with E-state index >= 15 is 0 Å². The molecule has 0 bridgehead atoms. The van der Waals surface area contributed by atoms with Crippen molar-refractivity contribution in [1.29, 1.82) is 0 Å². The maximum atomic E-state index is 12.8. The molecule has 2 atom stereocenters. The Morgan fingerprint density at radius 3 is 2.57 bits per heavy atom. The number of aliphatic hydroxyl groups excluding tert-OH is 1. The Bertz CT molecular complexity index is 1560. The number of nitrogens with one attached hydrogen (secondary N) is 2. The lowest BCUT2D eigenvalue weighted by atomic mass is 10.1. The number of hydrogen-bond donors (Lipinski definition) is 4. The molecule has 0 unspecified atom stereocenters. The third-order valence-corrected chi connectivity index (χ3v) is 6.04. The minimum atomic E-state index is -3.67. The zero-order valence-corrected chi connectivity index (χ0v) is 20.9. The summed E-state index contributed by atoms with van der Waals surface area (Å²) in [7, 11) is -3.67. The molecule has 1 fully saturated rings. The second kappa shape index (κ2) is 9.53. The van der Waals surface area contributed by atoms with Gasteiger partial charge in [-0.15, -0.1) is 0 Å². The minimum absolute atomic E-state index is 0.0958. The van der Waals surface area contributed by atoms with Crippen LogP contribution < -0.4 is 10.5 Å². The second-order valence-electron chi connectivity index (χ2n) is 8.36. The molecule has 35 heavy (non-hydrogen) atoms. The highest BCUT2D eigenvalue weighted by atomic mass is 35.5. The average molecular weight is 521 g/mol. The molecule has 186 valence electrons. The van der Waals surface area contributed by atoms with E-state index in [-0.39, 0.29) is 11.6 Å². The zero-order valence-electron chi connectivity index (χ0n) is 19.3. The van der Waals surface area contributed by atoms with Crippen LogP contribution in [0.4, 0.5) is 5.82 Å². The van der Waals surface area contributed by atoms with E-state index in [9.17, 15) is 18.3 Å². The van der Waals surface area contributed by atoms with Gasteiger partial charge in [0.2, 0.25) is 0 Å². The van der Waals surface area contributed by atoms with Crippen LogP contribution in [0.15, 0.2) is 29.2 Å². The van der Waals surface area contributed by atoms with Crippen molar-refractivity contribution in [3.8, 4) is 11.4 Å². The number of pyridine rings is 3. The largest absolute Gasteiger partial charge is 0.391 e. The molecule has 4 aromatic rings. The van der Waals surface area contributed by atoms with Crippen molar-refractivity contribution >= 4 is 49.5 Å². The first kappa shape index (κ1) is 25.0. The number of fused-ring (bicyclic) bond motifs is 2. The first-order valence-corrected chi connectivity index (χ1v) is 13.1. The molecule has 1 aliphatic heterocycles. The van der Waals surface area contributed by atoms with Gasteiger partial charge in [0.15, 0.2) is 5.82 Å². The molecule has 5 rings (SSSR count). The van der Waals surface area contributed by atoms with Crippen LogP contribution >= 0.6 is 11.6 Å². The Labute approximate surface area is 206 Å². The second-order valence-corrected chi connectivity index (χ2v) is 10.2. The highest BCUT2D eigenvalue weighted by Gasteiger charge is 2.32. The molecule has 0 radical (unpaired) electrons. The molecule has 0 spiro atoms. The van der Waals surface area contributed by atoms with Crippen molar-refractivity contribution in [3.05, 3.63) is 45.6 Å². The van der Waals surface area contributed by atoms with E-state index in [1.54, 1.807) is 18.3 Å². The number of aryl methyl sites for hydroxylation is 1. The number of H-pyrrole nitrogens is 2. The Morgan fingerprint density at radius 1 is 1.23 bits per heavy atom. The average Bonchev–Trinajstić information content (AvgIpc) is 3.34. The van der Waals surface area contributed by atoms with Gasteiger partial charge in [-0.25, -0.2) is 9.97 Å². The fourth-order valence-corrected chi connectivity index (χ4v) is 4.35. The molecule has 0 saturated carbocycles. The van der Waals surface area contributed by atoms with Gasteiger partial charge in [0.25, 0.3) is 15.7 Å². The van der Waals surface area contributed by atoms with Crippen LogP contribution in [0.1, 0.15) is 26.0 Å². The van der Waals surface area contributed by atoms with Crippen LogP contribution in [0.5, 0.6) is 0 Å². The molecule has 5 heterocycles. The zero-order chi connectivity index (χ0) is 25.5. The number of imidazole rings is 1. The van der Waals surface area contributed by atoms with E-state index in [2.05, 4.69) is 19.9 Å². The van der Waals surface area contributed by atoms with Crippen LogP contribution in [0.25, 0.3) is 33.3 Å². The molecular weight excluding hydrogens is 496 g/mol. The smallest absolute Gasteiger partial charge is 0.261 e. The minimum Gasteiger partial charge on any atom is -0.391 e.